The average molecular weight is 331 g/mol. The highest BCUT2D eigenvalue weighted by Gasteiger charge is 2.16. The zero-order valence-electron chi connectivity index (χ0n) is 12.6. The third-order valence-electron chi connectivity index (χ3n) is 3.07. The molecule has 0 aliphatic carbocycles. The number of para-hydroxylation sites is 1. The number of nitrogens with one attached hydrogen (secondary N) is 2. The zero-order valence-corrected chi connectivity index (χ0v) is 13.4. The minimum Gasteiger partial charge on any atom is -0.436 e. The molecular formula is C16H15ClN4O2. The van der Waals surface area contributed by atoms with Crippen molar-refractivity contribution in [3.8, 4) is 11.6 Å². The van der Waals surface area contributed by atoms with Crippen molar-refractivity contribution < 1.29 is 9.53 Å². The predicted molar refractivity (Wildman–Crippen MR) is 88.0 cm³/mol. The quantitative estimate of drug-likeness (QED) is 0.766. The normalized spacial score (nSPS) is 11.0. The first-order valence-corrected chi connectivity index (χ1v) is 7.50. The van der Waals surface area contributed by atoms with Gasteiger partial charge >= 0.3 is 0 Å². The lowest BCUT2D eigenvalue weighted by molar-refractivity contribution is 0.0944. The highest BCUT2D eigenvalue weighted by Crippen LogP contribution is 2.28. The number of nitrogens with zero attached hydrogens (tertiary/aromatic N) is 2. The van der Waals surface area contributed by atoms with Crippen LogP contribution < -0.4 is 10.1 Å². The van der Waals surface area contributed by atoms with Gasteiger partial charge in [0.25, 0.3) is 5.91 Å². The summed E-state index contributed by atoms with van der Waals surface area (Å²) in [7, 11) is 0. The Labute approximate surface area is 137 Å². The van der Waals surface area contributed by atoms with E-state index in [2.05, 4.69) is 20.3 Å². The fraction of sp³-hybridized carbons (Fsp3) is 0.188. The number of hydrogen-bond acceptors (Lipinski definition) is 4. The van der Waals surface area contributed by atoms with Crippen LogP contribution in [0.4, 0.5) is 0 Å². The van der Waals surface area contributed by atoms with Crippen molar-refractivity contribution in [2.24, 2.45) is 0 Å². The average Bonchev–Trinajstić information content (AvgIpc) is 2.92. The number of aromatic amines is 1. The van der Waals surface area contributed by atoms with Gasteiger partial charge in [-0.2, -0.15) is 0 Å². The molecule has 0 fully saturated rings. The number of hydrogen-bond donors (Lipinski definition) is 2. The van der Waals surface area contributed by atoms with E-state index in [1.165, 1.54) is 6.20 Å². The lowest BCUT2D eigenvalue weighted by atomic mass is 10.2. The minimum atomic E-state index is -0.213. The second kappa shape index (κ2) is 6.26. The number of aromatic nitrogens is 3. The molecule has 1 amide bonds. The van der Waals surface area contributed by atoms with Gasteiger partial charge in [-0.05, 0) is 26.0 Å². The topological polar surface area (TPSA) is 79.9 Å². The summed E-state index contributed by atoms with van der Waals surface area (Å²) >= 11 is 6.07. The van der Waals surface area contributed by atoms with Crippen LogP contribution in [0.1, 0.15) is 24.2 Å². The number of ether oxygens (including phenoxy) is 1. The van der Waals surface area contributed by atoms with E-state index in [4.69, 9.17) is 16.3 Å². The molecule has 7 heteroatoms. The molecule has 3 aromatic rings. The molecule has 0 radical (unpaired) electrons. The molecule has 0 saturated carbocycles. The Balaban J connectivity index is 1.95. The molecule has 0 unspecified atom stereocenters. The standard InChI is InChI=1S/C16H15ClN4O2/c1-9(2)20-16(22)10-7-18-15-14(10)21-13(8-19-15)23-12-6-4-3-5-11(12)17/h3-9H,1-2H3,(H,18,19)(H,20,22). The van der Waals surface area contributed by atoms with Crippen molar-refractivity contribution in [3.63, 3.8) is 0 Å². The lowest BCUT2D eigenvalue weighted by Gasteiger charge is -2.08. The summed E-state index contributed by atoms with van der Waals surface area (Å²) in [5.74, 6) is 0.533. The van der Waals surface area contributed by atoms with Gasteiger partial charge < -0.3 is 15.0 Å². The summed E-state index contributed by atoms with van der Waals surface area (Å²) in [5.41, 5.74) is 1.39. The van der Waals surface area contributed by atoms with Gasteiger partial charge in [0.15, 0.2) is 5.65 Å². The van der Waals surface area contributed by atoms with Crippen LogP contribution >= 0.6 is 11.6 Å². The number of benzene rings is 1. The molecule has 2 N–H and O–H groups in total. The summed E-state index contributed by atoms with van der Waals surface area (Å²) < 4.78 is 5.65. The number of amides is 1. The second-order valence-electron chi connectivity index (χ2n) is 5.27. The zero-order chi connectivity index (χ0) is 16.4. The van der Waals surface area contributed by atoms with Crippen molar-refractivity contribution >= 4 is 28.7 Å². The van der Waals surface area contributed by atoms with Gasteiger partial charge in [0.2, 0.25) is 5.88 Å². The van der Waals surface area contributed by atoms with Gasteiger partial charge in [0, 0.05) is 12.2 Å². The molecule has 1 aromatic carbocycles. The van der Waals surface area contributed by atoms with Gasteiger partial charge in [-0.1, -0.05) is 23.7 Å². The van der Waals surface area contributed by atoms with Crippen LogP contribution in [0.5, 0.6) is 11.6 Å². The molecule has 0 spiro atoms. The third-order valence-corrected chi connectivity index (χ3v) is 3.39. The largest absolute Gasteiger partial charge is 0.436 e. The van der Waals surface area contributed by atoms with Crippen LogP contribution in [0.25, 0.3) is 11.2 Å². The van der Waals surface area contributed by atoms with E-state index < -0.39 is 0 Å². The molecule has 0 saturated heterocycles. The predicted octanol–water partition coefficient (Wildman–Crippen LogP) is 3.54. The first-order valence-electron chi connectivity index (χ1n) is 7.12. The van der Waals surface area contributed by atoms with Crippen LogP contribution in [0.2, 0.25) is 5.02 Å². The van der Waals surface area contributed by atoms with E-state index in [1.54, 1.807) is 18.3 Å². The first-order chi connectivity index (χ1) is 11.0. The van der Waals surface area contributed by atoms with Crippen LogP contribution in [0, 0.1) is 0 Å². The highest BCUT2D eigenvalue weighted by atomic mass is 35.5. The smallest absolute Gasteiger partial charge is 0.255 e. The highest BCUT2D eigenvalue weighted by molar-refractivity contribution is 6.32. The summed E-state index contributed by atoms with van der Waals surface area (Å²) in [6.07, 6.45) is 3.06. The number of halogens is 1. The number of carbonyl (C=O) groups excluding carboxylic acids is 1. The van der Waals surface area contributed by atoms with Crippen molar-refractivity contribution in [2.75, 3.05) is 0 Å². The summed E-state index contributed by atoms with van der Waals surface area (Å²) in [6.45, 7) is 3.79. The van der Waals surface area contributed by atoms with Crippen molar-refractivity contribution in [3.05, 3.63) is 47.2 Å². The Morgan fingerprint density at radius 2 is 2.13 bits per heavy atom. The van der Waals surface area contributed by atoms with Crippen LogP contribution in [-0.2, 0) is 0 Å². The lowest BCUT2D eigenvalue weighted by Crippen LogP contribution is -2.29. The molecule has 0 atom stereocenters. The SMILES string of the molecule is CC(C)NC(=O)c1c[nH]c2ncc(Oc3ccccc3Cl)nc12. The van der Waals surface area contributed by atoms with E-state index in [0.717, 1.165) is 0 Å². The van der Waals surface area contributed by atoms with E-state index in [9.17, 15) is 4.79 Å². The van der Waals surface area contributed by atoms with Crippen LogP contribution in [0.15, 0.2) is 36.7 Å². The molecule has 3 rings (SSSR count). The van der Waals surface area contributed by atoms with Gasteiger partial charge in [0.1, 0.15) is 11.3 Å². The van der Waals surface area contributed by atoms with Gasteiger partial charge in [-0.25, -0.2) is 9.97 Å². The number of carbonyl (C=O) groups is 1. The first kappa shape index (κ1) is 15.3. The molecule has 0 bridgehead atoms. The summed E-state index contributed by atoms with van der Waals surface area (Å²) in [4.78, 5) is 23.7. The Bertz CT molecular complexity index is 860. The number of rotatable bonds is 4. The van der Waals surface area contributed by atoms with E-state index >= 15 is 0 Å². The van der Waals surface area contributed by atoms with Crippen LogP contribution in [-0.4, -0.2) is 26.9 Å². The Morgan fingerprint density at radius 3 is 2.87 bits per heavy atom. The maximum absolute atomic E-state index is 12.2. The second-order valence-corrected chi connectivity index (χ2v) is 5.68. The third kappa shape index (κ3) is 3.27. The molecular weight excluding hydrogens is 316 g/mol. The van der Waals surface area contributed by atoms with E-state index in [0.29, 0.717) is 27.5 Å². The van der Waals surface area contributed by atoms with Crippen molar-refractivity contribution in [1.29, 1.82) is 0 Å². The van der Waals surface area contributed by atoms with E-state index in [-0.39, 0.29) is 17.8 Å². The maximum Gasteiger partial charge on any atom is 0.255 e. The fourth-order valence-corrected chi connectivity index (χ4v) is 2.25. The summed E-state index contributed by atoms with van der Waals surface area (Å²) in [6, 6.07) is 7.11. The number of fused-ring (bicyclic) bond motifs is 1. The molecule has 6 nitrogen and oxygen atoms in total. The molecule has 2 aromatic heterocycles. The molecule has 23 heavy (non-hydrogen) atoms. The van der Waals surface area contributed by atoms with Crippen molar-refractivity contribution in [2.45, 2.75) is 19.9 Å². The van der Waals surface area contributed by atoms with E-state index in [1.807, 2.05) is 26.0 Å². The monoisotopic (exact) mass is 330 g/mol. The van der Waals surface area contributed by atoms with Gasteiger partial charge in [0.05, 0.1) is 16.8 Å². The number of H-pyrrole nitrogens is 1. The van der Waals surface area contributed by atoms with Crippen molar-refractivity contribution in [1.82, 2.24) is 20.3 Å². The van der Waals surface area contributed by atoms with Gasteiger partial charge in [-0.3, -0.25) is 4.79 Å². The minimum absolute atomic E-state index is 0.0305. The van der Waals surface area contributed by atoms with Crippen LogP contribution in [0.3, 0.4) is 0 Å². The Morgan fingerprint density at radius 1 is 1.35 bits per heavy atom. The summed E-state index contributed by atoms with van der Waals surface area (Å²) in [5, 5.41) is 3.30. The molecule has 2 heterocycles. The fourth-order valence-electron chi connectivity index (χ4n) is 2.08. The van der Waals surface area contributed by atoms with Gasteiger partial charge in [-0.15, -0.1) is 0 Å². The molecule has 118 valence electrons. The molecule has 0 aliphatic heterocycles. The Kier molecular flexibility index (Phi) is 4.16. The molecule has 0 aliphatic rings. The Hall–Kier alpha value is -2.60. The maximum atomic E-state index is 12.2.